The molecule has 160 valence electrons. The van der Waals surface area contributed by atoms with Crippen LogP contribution in [0.3, 0.4) is 0 Å². The molecule has 0 aromatic heterocycles. The molecular weight excluding hydrogens is 380 g/mol. The number of nitrogens with one attached hydrogen (secondary N) is 3. The zero-order valence-electron chi connectivity index (χ0n) is 16.7. The lowest BCUT2D eigenvalue weighted by Crippen LogP contribution is -2.49. The zero-order valence-corrected chi connectivity index (χ0v) is 17.5. The molecule has 0 bridgehead atoms. The van der Waals surface area contributed by atoms with Crippen molar-refractivity contribution in [3.8, 4) is 0 Å². The summed E-state index contributed by atoms with van der Waals surface area (Å²) in [5, 5.41) is 9.09. The van der Waals surface area contributed by atoms with Gasteiger partial charge in [0.25, 0.3) is 0 Å². The van der Waals surface area contributed by atoms with Crippen molar-refractivity contribution in [3.63, 3.8) is 0 Å². The summed E-state index contributed by atoms with van der Waals surface area (Å²) in [6.45, 7) is 3.04. The van der Waals surface area contributed by atoms with Gasteiger partial charge in [0, 0.05) is 25.6 Å². The second kappa shape index (κ2) is 11.6. The Bertz CT molecular complexity index is 534. The summed E-state index contributed by atoms with van der Waals surface area (Å²) in [5.74, 6) is 0.485. The number of nitrogens with zero attached hydrogens (tertiary/aromatic N) is 1. The van der Waals surface area contributed by atoms with Gasteiger partial charge in [-0.15, -0.1) is 12.4 Å². The Labute approximate surface area is 174 Å². The van der Waals surface area contributed by atoms with E-state index in [1.165, 1.54) is 6.42 Å². The lowest BCUT2D eigenvalue weighted by Gasteiger charge is -2.33. The first-order chi connectivity index (χ1) is 13.1. The number of hydrogen-bond donors (Lipinski definition) is 3. The predicted molar refractivity (Wildman–Crippen MR) is 110 cm³/mol. The van der Waals surface area contributed by atoms with E-state index in [0.717, 1.165) is 64.5 Å². The molecule has 2 aliphatic heterocycles. The van der Waals surface area contributed by atoms with Crippen LogP contribution in [0.4, 0.5) is 0 Å². The maximum atomic E-state index is 12.5. The molecule has 2 saturated heterocycles. The monoisotopic (exact) mass is 414 g/mol. The van der Waals surface area contributed by atoms with Crippen LogP contribution in [0.1, 0.15) is 57.8 Å². The first-order valence-electron chi connectivity index (χ1n) is 10.7. The molecule has 2 atom stereocenters. The second-order valence-electron chi connectivity index (χ2n) is 8.29. The summed E-state index contributed by atoms with van der Waals surface area (Å²) < 4.78 is 0. The van der Waals surface area contributed by atoms with Crippen LogP contribution in [0.15, 0.2) is 0 Å². The van der Waals surface area contributed by atoms with Crippen LogP contribution in [0.25, 0.3) is 0 Å². The minimum atomic E-state index is -0.0543. The molecule has 0 radical (unpaired) electrons. The molecular formula is C20H35ClN4O3. The number of likely N-dealkylation sites (tertiary alicyclic amines) is 1. The molecule has 3 N–H and O–H groups in total. The topological polar surface area (TPSA) is 90.5 Å². The summed E-state index contributed by atoms with van der Waals surface area (Å²) >= 11 is 0. The highest BCUT2D eigenvalue weighted by Gasteiger charge is 2.27. The van der Waals surface area contributed by atoms with Gasteiger partial charge in [0.1, 0.15) is 0 Å². The standard InChI is InChI=1S/C20H34N4O3.ClH/c25-18(13-23-19(26)16-7-2-1-3-8-16)24-11-5-6-15(14-24)12-22-20(27)17-9-4-10-21-17;/h15-17,21H,1-14H2,(H,22,27)(H,23,26);1H. The molecule has 8 heteroatoms. The Morgan fingerprint density at radius 1 is 0.893 bits per heavy atom. The third kappa shape index (κ3) is 6.62. The first-order valence-corrected chi connectivity index (χ1v) is 10.7. The number of halogens is 1. The summed E-state index contributed by atoms with van der Waals surface area (Å²) in [5.41, 5.74) is 0. The minimum Gasteiger partial charge on any atom is -0.354 e. The van der Waals surface area contributed by atoms with Crippen LogP contribution in [-0.4, -0.2) is 61.4 Å². The summed E-state index contributed by atoms with van der Waals surface area (Å²) in [7, 11) is 0. The molecule has 2 unspecified atom stereocenters. The number of carbonyl (C=O) groups excluding carboxylic acids is 3. The van der Waals surface area contributed by atoms with Crippen molar-refractivity contribution in [2.75, 3.05) is 32.7 Å². The SMILES string of the molecule is Cl.O=C(NCC(=O)N1CCCC(CNC(=O)C2CCCN2)C1)C1CCCCC1. The molecule has 2 heterocycles. The third-order valence-corrected chi connectivity index (χ3v) is 6.20. The van der Waals surface area contributed by atoms with Gasteiger partial charge in [-0.05, 0) is 51.0 Å². The smallest absolute Gasteiger partial charge is 0.241 e. The fraction of sp³-hybridized carbons (Fsp3) is 0.850. The molecule has 0 aromatic carbocycles. The largest absolute Gasteiger partial charge is 0.354 e. The van der Waals surface area contributed by atoms with Crippen molar-refractivity contribution < 1.29 is 14.4 Å². The summed E-state index contributed by atoms with van der Waals surface area (Å²) in [4.78, 5) is 38.7. The van der Waals surface area contributed by atoms with Crippen LogP contribution in [0.5, 0.6) is 0 Å². The quantitative estimate of drug-likeness (QED) is 0.609. The van der Waals surface area contributed by atoms with Crippen molar-refractivity contribution in [3.05, 3.63) is 0 Å². The summed E-state index contributed by atoms with van der Waals surface area (Å²) in [6.07, 6.45) is 9.26. The number of piperidine rings is 1. The fourth-order valence-corrected chi connectivity index (χ4v) is 4.52. The van der Waals surface area contributed by atoms with Crippen LogP contribution in [-0.2, 0) is 14.4 Å². The van der Waals surface area contributed by atoms with Crippen LogP contribution >= 0.6 is 12.4 Å². The Hall–Kier alpha value is -1.34. The Kier molecular flexibility index (Phi) is 9.51. The van der Waals surface area contributed by atoms with E-state index >= 15 is 0 Å². The molecule has 0 aromatic rings. The number of rotatable bonds is 6. The average Bonchev–Trinajstić information content (AvgIpc) is 3.26. The highest BCUT2D eigenvalue weighted by molar-refractivity contribution is 5.86. The van der Waals surface area contributed by atoms with Crippen molar-refractivity contribution in [2.45, 2.75) is 63.8 Å². The average molecular weight is 415 g/mol. The van der Waals surface area contributed by atoms with Crippen LogP contribution in [0.2, 0.25) is 0 Å². The van der Waals surface area contributed by atoms with Gasteiger partial charge in [0.2, 0.25) is 17.7 Å². The lowest BCUT2D eigenvalue weighted by atomic mass is 9.89. The fourth-order valence-electron chi connectivity index (χ4n) is 4.52. The molecule has 1 aliphatic carbocycles. The van der Waals surface area contributed by atoms with Crippen molar-refractivity contribution in [2.24, 2.45) is 11.8 Å². The molecule has 0 spiro atoms. The Morgan fingerprint density at radius 2 is 1.68 bits per heavy atom. The molecule has 28 heavy (non-hydrogen) atoms. The van der Waals surface area contributed by atoms with Gasteiger partial charge in [-0.3, -0.25) is 14.4 Å². The van der Waals surface area contributed by atoms with Gasteiger partial charge in [0.05, 0.1) is 12.6 Å². The highest BCUT2D eigenvalue weighted by Crippen LogP contribution is 2.23. The molecule has 1 saturated carbocycles. The second-order valence-corrected chi connectivity index (χ2v) is 8.29. The van der Waals surface area contributed by atoms with Crippen molar-refractivity contribution in [1.29, 1.82) is 0 Å². The lowest BCUT2D eigenvalue weighted by molar-refractivity contribution is -0.135. The van der Waals surface area contributed by atoms with E-state index in [4.69, 9.17) is 0 Å². The van der Waals surface area contributed by atoms with E-state index in [1.807, 2.05) is 4.90 Å². The van der Waals surface area contributed by atoms with E-state index in [1.54, 1.807) is 0 Å². The van der Waals surface area contributed by atoms with E-state index in [-0.39, 0.29) is 48.6 Å². The Balaban J connectivity index is 0.00000280. The van der Waals surface area contributed by atoms with E-state index in [9.17, 15) is 14.4 Å². The molecule has 3 aliphatic rings. The van der Waals surface area contributed by atoms with Gasteiger partial charge < -0.3 is 20.9 Å². The molecule has 3 rings (SSSR count). The van der Waals surface area contributed by atoms with E-state index in [0.29, 0.717) is 19.0 Å². The highest BCUT2D eigenvalue weighted by atomic mass is 35.5. The van der Waals surface area contributed by atoms with Gasteiger partial charge in [-0.2, -0.15) is 0 Å². The summed E-state index contributed by atoms with van der Waals surface area (Å²) in [6, 6.07) is -0.0543. The third-order valence-electron chi connectivity index (χ3n) is 6.20. The van der Waals surface area contributed by atoms with Gasteiger partial charge >= 0.3 is 0 Å². The Morgan fingerprint density at radius 3 is 2.39 bits per heavy atom. The number of amides is 3. The predicted octanol–water partition coefficient (Wildman–Crippen LogP) is 1.21. The van der Waals surface area contributed by atoms with Crippen molar-refractivity contribution in [1.82, 2.24) is 20.9 Å². The number of hydrogen-bond acceptors (Lipinski definition) is 4. The van der Waals surface area contributed by atoms with E-state index < -0.39 is 0 Å². The minimum absolute atomic E-state index is 0. The molecule has 7 nitrogen and oxygen atoms in total. The van der Waals surface area contributed by atoms with Gasteiger partial charge in [-0.25, -0.2) is 0 Å². The zero-order chi connectivity index (χ0) is 19.1. The number of carbonyl (C=O) groups is 3. The van der Waals surface area contributed by atoms with Gasteiger partial charge in [0.15, 0.2) is 0 Å². The molecule has 3 fully saturated rings. The maximum absolute atomic E-state index is 12.5. The maximum Gasteiger partial charge on any atom is 0.241 e. The normalized spacial score (nSPS) is 25.6. The first kappa shape index (κ1) is 22.9. The van der Waals surface area contributed by atoms with Gasteiger partial charge in [-0.1, -0.05) is 19.3 Å². The molecule has 3 amide bonds. The van der Waals surface area contributed by atoms with Crippen LogP contribution in [0, 0.1) is 11.8 Å². The van der Waals surface area contributed by atoms with Crippen molar-refractivity contribution >= 4 is 30.1 Å². The van der Waals surface area contributed by atoms with Crippen LogP contribution < -0.4 is 16.0 Å². The van der Waals surface area contributed by atoms with E-state index in [2.05, 4.69) is 16.0 Å².